The number of rotatable bonds is 16. The summed E-state index contributed by atoms with van der Waals surface area (Å²) in [5.74, 6) is -6.00. The van der Waals surface area contributed by atoms with E-state index < -0.39 is 41.9 Å². The predicted octanol–water partition coefficient (Wildman–Crippen LogP) is 3.43. The first kappa shape index (κ1) is 37.1. The third kappa shape index (κ3) is 10.3. The molecule has 0 fully saturated rings. The zero-order valence-electron chi connectivity index (χ0n) is 26.4. The Morgan fingerprint density at radius 3 is 2.31 bits per heavy atom. The second-order valence-corrected chi connectivity index (χ2v) is 10.2. The maximum Gasteiger partial charge on any atom is 0.408 e. The second-order valence-electron chi connectivity index (χ2n) is 10.2. The number of aromatic hydroxyl groups is 1. The minimum Gasteiger partial charge on any atom is -0.507 e. The van der Waals surface area contributed by atoms with Gasteiger partial charge in [-0.05, 0) is 54.8 Å². The van der Waals surface area contributed by atoms with Crippen molar-refractivity contribution in [1.29, 1.82) is 0 Å². The molecular weight excluding hydrogens is 642 g/mol. The van der Waals surface area contributed by atoms with Gasteiger partial charge in [0.25, 0.3) is 0 Å². The predicted molar refractivity (Wildman–Crippen MR) is 174 cm³/mol. The molecule has 258 valence electrons. The molecule has 0 heterocycles. The van der Waals surface area contributed by atoms with Crippen LogP contribution >= 0.6 is 0 Å². The summed E-state index contributed by atoms with van der Waals surface area (Å²) in [5, 5.41) is 34.2. The van der Waals surface area contributed by atoms with E-state index in [1.807, 2.05) is 0 Å². The molecule has 3 aromatic rings. The number of carboxylic acids is 2. The maximum atomic E-state index is 13.1. The van der Waals surface area contributed by atoms with Crippen molar-refractivity contribution >= 4 is 47.2 Å². The lowest BCUT2D eigenvalue weighted by molar-refractivity contribution is -0.148. The number of carboxylic acid groups (broad SMARTS) is 2. The first-order valence-corrected chi connectivity index (χ1v) is 14.8. The zero-order chi connectivity index (χ0) is 35.9. The molecule has 0 saturated carbocycles. The third-order valence-electron chi connectivity index (χ3n) is 6.86. The number of nitrogens with one attached hydrogen (secondary N) is 2. The van der Waals surface area contributed by atoms with Gasteiger partial charge in [-0.15, -0.1) is 0 Å². The Balaban J connectivity index is 1.69. The van der Waals surface area contributed by atoms with E-state index in [2.05, 4.69) is 21.9 Å². The van der Waals surface area contributed by atoms with Gasteiger partial charge in [-0.25, -0.2) is 19.2 Å². The number of phenolic OH excluding ortho intramolecular Hbond substituents is 1. The molecule has 3 amide bonds. The van der Waals surface area contributed by atoms with E-state index in [0.29, 0.717) is 18.4 Å². The number of nitrogens with zero attached hydrogens (tertiary/aromatic N) is 1. The normalized spacial score (nSPS) is 11.0. The summed E-state index contributed by atoms with van der Waals surface area (Å²) in [5.41, 5.74) is 0.000990. The van der Waals surface area contributed by atoms with Crippen LogP contribution in [-0.2, 0) is 30.3 Å². The number of hydrogen-bond acceptors (Lipinski definition) is 10. The van der Waals surface area contributed by atoms with Crippen LogP contribution in [0.5, 0.6) is 11.5 Å². The maximum absolute atomic E-state index is 13.1. The number of unbranched alkanes of at least 4 members (excludes halogenated alkanes) is 1. The minimum atomic E-state index is -1.81. The molecular formula is C34H35N3O12. The van der Waals surface area contributed by atoms with E-state index in [4.69, 9.17) is 9.47 Å². The van der Waals surface area contributed by atoms with Crippen LogP contribution in [0.25, 0.3) is 0 Å². The van der Waals surface area contributed by atoms with E-state index in [9.17, 15) is 44.1 Å². The quantitative estimate of drug-likeness (QED) is 0.0638. The molecule has 0 aromatic heterocycles. The molecule has 1 atom stereocenters. The van der Waals surface area contributed by atoms with E-state index in [1.54, 1.807) is 0 Å². The Morgan fingerprint density at radius 2 is 1.65 bits per heavy atom. The average molecular weight is 678 g/mol. The first-order chi connectivity index (χ1) is 23.5. The number of methoxy groups -OCH3 is 1. The molecule has 0 spiro atoms. The summed E-state index contributed by atoms with van der Waals surface area (Å²) in [4.78, 5) is 74.3. The van der Waals surface area contributed by atoms with Gasteiger partial charge in [0.05, 0.1) is 25.0 Å². The topological polar surface area (TPSA) is 218 Å². The van der Waals surface area contributed by atoms with Gasteiger partial charge >= 0.3 is 29.9 Å². The lowest BCUT2D eigenvalue weighted by atomic mass is 10.0. The van der Waals surface area contributed by atoms with Crippen LogP contribution in [0.3, 0.4) is 0 Å². The number of esters is 1. The fraction of sp³-hybridized carbons (Fsp3) is 0.235. The number of hydrogen-bond donors (Lipinski definition) is 5. The molecule has 3 aromatic carbocycles. The highest BCUT2D eigenvalue weighted by atomic mass is 16.5. The Bertz CT molecular complexity index is 1690. The zero-order valence-corrected chi connectivity index (χ0v) is 26.4. The summed E-state index contributed by atoms with van der Waals surface area (Å²) in [6.45, 7) is 3.73. The van der Waals surface area contributed by atoms with Gasteiger partial charge in [0.1, 0.15) is 29.7 Å². The number of ether oxygens (including phenoxy) is 3. The Kier molecular flexibility index (Phi) is 13.7. The van der Waals surface area contributed by atoms with Crippen molar-refractivity contribution in [3.8, 4) is 11.5 Å². The monoisotopic (exact) mass is 677 g/mol. The highest BCUT2D eigenvalue weighted by Crippen LogP contribution is 2.30. The van der Waals surface area contributed by atoms with Gasteiger partial charge in [-0.2, -0.15) is 0 Å². The van der Waals surface area contributed by atoms with E-state index >= 15 is 0 Å². The molecule has 49 heavy (non-hydrogen) atoms. The lowest BCUT2D eigenvalue weighted by Gasteiger charge is -2.23. The fourth-order valence-electron chi connectivity index (χ4n) is 4.55. The summed E-state index contributed by atoms with van der Waals surface area (Å²) in [7, 11) is 1.18. The van der Waals surface area contributed by atoms with Gasteiger partial charge < -0.3 is 40.2 Å². The van der Waals surface area contributed by atoms with Gasteiger partial charge in [-0.1, -0.05) is 43.0 Å². The van der Waals surface area contributed by atoms with Gasteiger partial charge in [0.2, 0.25) is 5.91 Å². The number of aliphatic carboxylic acids is 1. The summed E-state index contributed by atoms with van der Waals surface area (Å²) >= 11 is 0. The SMILES string of the molecule is C=CCOC(=O)NC(Cc1ccc(N(C(=O)C(=O)O)c2ccccc2C(=O)O)cc1)C(=O)NCCCCOc1cccc(O)c1C(=O)OC. The van der Waals surface area contributed by atoms with Crippen molar-refractivity contribution in [3.05, 3.63) is 96.1 Å². The lowest BCUT2D eigenvalue weighted by Crippen LogP contribution is -2.48. The Hall–Kier alpha value is -6.38. The minimum absolute atomic E-state index is 0.0369. The van der Waals surface area contributed by atoms with Crippen LogP contribution in [0.4, 0.5) is 16.2 Å². The Labute approximate surface area is 280 Å². The number of benzene rings is 3. The van der Waals surface area contributed by atoms with Gasteiger partial charge in [0.15, 0.2) is 0 Å². The van der Waals surface area contributed by atoms with Gasteiger partial charge in [-0.3, -0.25) is 14.5 Å². The van der Waals surface area contributed by atoms with E-state index in [0.717, 1.165) is 4.90 Å². The van der Waals surface area contributed by atoms with Crippen LogP contribution < -0.4 is 20.3 Å². The number of aromatic carboxylic acids is 1. The number of carbonyl (C=O) groups is 6. The summed E-state index contributed by atoms with van der Waals surface area (Å²) in [6, 6.07) is 14.4. The fourth-order valence-corrected chi connectivity index (χ4v) is 4.55. The Morgan fingerprint density at radius 1 is 0.939 bits per heavy atom. The number of phenols is 1. The summed E-state index contributed by atoms with van der Waals surface area (Å²) < 4.78 is 15.3. The molecule has 3 rings (SSSR count). The molecule has 1 unspecified atom stereocenters. The highest BCUT2D eigenvalue weighted by Gasteiger charge is 2.28. The van der Waals surface area contributed by atoms with Crippen molar-refractivity contribution in [2.24, 2.45) is 0 Å². The molecule has 0 aliphatic heterocycles. The van der Waals surface area contributed by atoms with Crippen molar-refractivity contribution in [2.45, 2.75) is 25.3 Å². The molecule has 15 nitrogen and oxygen atoms in total. The largest absolute Gasteiger partial charge is 0.507 e. The van der Waals surface area contributed by atoms with E-state index in [1.165, 1.54) is 79.9 Å². The van der Waals surface area contributed by atoms with Crippen LogP contribution in [0.15, 0.2) is 79.4 Å². The van der Waals surface area contributed by atoms with Crippen LogP contribution in [0.1, 0.15) is 39.1 Å². The van der Waals surface area contributed by atoms with Crippen LogP contribution in [0, 0.1) is 0 Å². The summed E-state index contributed by atoms with van der Waals surface area (Å²) in [6.07, 6.45) is 1.35. The number of carbonyl (C=O) groups excluding carboxylic acids is 4. The third-order valence-corrected chi connectivity index (χ3v) is 6.86. The van der Waals surface area contributed by atoms with Crippen molar-refractivity contribution in [3.63, 3.8) is 0 Å². The number of amides is 3. The molecule has 0 aliphatic carbocycles. The number of alkyl carbamates (subject to hydrolysis) is 1. The molecule has 0 aliphatic rings. The second kappa shape index (κ2) is 18.1. The standard InChI is InChI=1S/C34H35N3O12/c1-3-18-49-34(46)36-24(29(39)35-17-6-7-19-48-27-12-8-11-26(38)28(27)33(45)47-2)20-21-13-15-22(16-14-21)37(30(40)32(43)44)25-10-5-4-9-23(25)31(41)42/h3-5,8-16,24,38H,1,6-7,17-20H2,2H3,(H,35,39)(H,36,46)(H,41,42)(H,43,44). The average Bonchev–Trinajstić information content (AvgIpc) is 3.09. The number of anilines is 2. The van der Waals surface area contributed by atoms with Crippen LogP contribution in [0.2, 0.25) is 0 Å². The number of para-hydroxylation sites is 1. The van der Waals surface area contributed by atoms with Gasteiger partial charge in [0, 0.05) is 18.7 Å². The molecule has 15 heteroatoms. The van der Waals surface area contributed by atoms with Crippen molar-refractivity contribution in [1.82, 2.24) is 10.6 Å². The van der Waals surface area contributed by atoms with E-state index in [-0.39, 0.29) is 60.2 Å². The van der Waals surface area contributed by atoms with Crippen molar-refractivity contribution < 1.29 is 58.3 Å². The first-order valence-electron chi connectivity index (χ1n) is 14.8. The molecule has 0 radical (unpaired) electrons. The molecule has 0 saturated heterocycles. The molecule has 0 bridgehead atoms. The van der Waals surface area contributed by atoms with Crippen LogP contribution in [-0.4, -0.2) is 84.0 Å². The smallest absolute Gasteiger partial charge is 0.408 e. The highest BCUT2D eigenvalue weighted by molar-refractivity contribution is 6.39. The van der Waals surface area contributed by atoms with Crippen molar-refractivity contribution in [2.75, 3.05) is 31.8 Å². The molecule has 5 N–H and O–H groups in total.